The lowest BCUT2D eigenvalue weighted by molar-refractivity contribution is 0.496. The summed E-state index contributed by atoms with van der Waals surface area (Å²) in [5.41, 5.74) is 1.77. The average molecular weight is 347 g/mol. The third-order valence-electron chi connectivity index (χ3n) is 3.68. The lowest BCUT2D eigenvalue weighted by Crippen LogP contribution is -2.38. The Morgan fingerprint density at radius 2 is 1.70 bits per heavy atom. The van der Waals surface area contributed by atoms with Gasteiger partial charge < -0.3 is 0 Å². The first kappa shape index (κ1) is 16.1. The van der Waals surface area contributed by atoms with Crippen LogP contribution in [-0.2, 0) is 21.0 Å². The van der Waals surface area contributed by atoms with E-state index in [2.05, 4.69) is 0 Å². The standard InChI is InChI=1S/C17H17NO3S2/c1-14-9-11-16(12-10-14)23(20,21)18-17(8-5-13-22(18)19)15-6-3-2-4-7-15/h2-12,17H,13H2,1H3. The lowest BCUT2D eigenvalue weighted by Gasteiger charge is -2.30. The number of benzene rings is 2. The third-order valence-corrected chi connectivity index (χ3v) is 7.44. The van der Waals surface area contributed by atoms with E-state index in [0.29, 0.717) is 0 Å². The van der Waals surface area contributed by atoms with Crippen LogP contribution in [0.5, 0.6) is 0 Å². The number of hydrogen-bond donors (Lipinski definition) is 0. The second-order valence-corrected chi connectivity index (χ2v) is 8.76. The van der Waals surface area contributed by atoms with Crippen LogP contribution in [0.25, 0.3) is 0 Å². The molecule has 1 aliphatic heterocycles. The highest BCUT2D eigenvalue weighted by Gasteiger charge is 2.37. The lowest BCUT2D eigenvalue weighted by atomic mass is 10.1. The van der Waals surface area contributed by atoms with Crippen molar-refractivity contribution in [3.63, 3.8) is 0 Å². The molecule has 0 fully saturated rings. The molecule has 2 unspecified atom stereocenters. The molecule has 1 aliphatic rings. The Balaban J connectivity index is 2.08. The highest BCUT2D eigenvalue weighted by atomic mass is 32.3. The van der Waals surface area contributed by atoms with E-state index in [4.69, 9.17) is 0 Å². The second kappa shape index (κ2) is 6.39. The van der Waals surface area contributed by atoms with Gasteiger partial charge in [0.05, 0.1) is 16.7 Å². The zero-order valence-electron chi connectivity index (χ0n) is 12.6. The maximum absolute atomic E-state index is 13.0. The summed E-state index contributed by atoms with van der Waals surface area (Å²) >= 11 is 0. The number of nitrogens with zero attached hydrogens (tertiary/aromatic N) is 1. The van der Waals surface area contributed by atoms with Gasteiger partial charge in [-0.3, -0.25) is 0 Å². The Kier molecular flexibility index (Phi) is 4.48. The monoisotopic (exact) mass is 347 g/mol. The maximum atomic E-state index is 13.0. The molecular formula is C17H17NO3S2. The highest BCUT2D eigenvalue weighted by Crippen LogP contribution is 2.33. The molecule has 4 nitrogen and oxygen atoms in total. The molecule has 3 rings (SSSR count). The number of aryl methyl sites for hydroxylation is 1. The first-order valence-corrected chi connectivity index (χ1v) is 9.93. The van der Waals surface area contributed by atoms with Gasteiger partial charge in [0, 0.05) is 0 Å². The Morgan fingerprint density at radius 3 is 2.35 bits per heavy atom. The molecule has 0 saturated heterocycles. The van der Waals surface area contributed by atoms with Gasteiger partial charge in [-0.25, -0.2) is 12.6 Å². The summed E-state index contributed by atoms with van der Waals surface area (Å²) in [5.74, 6) is 0.203. The average Bonchev–Trinajstić information content (AvgIpc) is 2.55. The number of rotatable bonds is 3. The Hall–Kier alpha value is -1.76. The van der Waals surface area contributed by atoms with Gasteiger partial charge >= 0.3 is 0 Å². The number of sulfonamides is 1. The van der Waals surface area contributed by atoms with E-state index in [1.54, 1.807) is 36.4 Å². The summed E-state index contributed by atoms with van der Waals surface area (Å²) in [6.07, 6.45) is 3.57. The fourth-order valence-electron chi connectivity index (χ4n) is 2.49. The van der Waals surface area contributed by atoms with Crippen molar-refractivity contribution in [1.82, 2.24) is 3.71 Å². The fraction of sp³-hybridized carbons (Fsp3) is 0.176. The molecule has 0 spiro atoms. The minimum absolute atomic E-state index is 0.160. The fourth-order valence-corrected chi connectivity index (χ4v) is 5.86. The number of hydrogen-bond acceptors (Lipinski definition) is 3. The SMILES string of the molecule is Cc1ccc(S(=O)(=O)N2C(c3ccccc3)C=CCS2=O)cc1. The molecule has 0 N–H and O–H groups in total. The Morgan fingerprint density at radius 1 is 1.04 bits per heavy atom. The Bertz CT molecular complexity index is 843. The normalized spacial score (nSPS) is 22.1. The summed E-state index contributed by atoms with van der Waals surface area (Å²) in [6.45, 7) is 1.89. The van der Waals surface area contributed by atoms with E-state index < -0.39 is 27.1 Å². The van der Waals surface area contributed by atoms with Crippen molar-refractivity contribution in [2.24, 2.45) is 0 Å². The van der Waals surface area contributed by atoms with Crippen LogP contribution in [0.3, 0.4) is 0 Å². The largest absolute Gasteiger partial charge is 0.255 e. The van der Waals surface area contributed by atoms with Crippen molar-refractivity contribution < 1.29 is 12.6 Å². The van der Waals surface area contributed by atoms with Gasteiger partial charge in [0.25, 0.3) is 10.0 Å². The van der Waals surface area contributed by atoms with Crippen LogP contribution in [0.2, 0.25) is 0 Å². The summed E-state index contributed by atoms with van der Waals surface area (Å²) in [7, 11) is -5.47. The van der Waals surface area contributed by atoms with Crippen LogP contribution in [0.15, 0.2) is 71.6 Å². The predicted octanol–water partition coefficient (Wildman–Crippen LogP) is 2.96. The molecular weight excluding hydrogens is 330 g/mol. The van der Waals surface area contributed by atoms with E-state index in [0.717, 1.165) is 14.8 Å². The van der Waals surface area contributed by atoms with E-state index in [-0.39, 0.29) is 10.6 Å². The van der Waals surface area contributed by atoms with Crippen molar-refractivity contribution in [2.75, 3.05) is 5.75 Å². The Labute approximate surface area is 139 Å². The minimum atomic E-state index is -3.84. The van der Waals surface area contributed by atoms with Gasteiger partial charge in [0.15, 0.2) is 0 Å². The molecule has 120 valence electrons. The van der Waals surface area contributed by atoms with E-state index in [9.17, 15) is 12.6 Å². The molecule has 6 heteroatoms. The van der Waals surface area contributed by atoms with E-state index in [1.807, 2.05) is 37.3 Å². The van der Waals surface area contributed by atoms with E-state index in [1.165, 1.54) is 0 Å². The quantitative estimate of drug-likeness (QED) is 0.802. The topological polar surface area (TPSA) is 54.5 Å². The van der Waals surface area contributed by atoms with Crippen molar-refractivity contribution in [1.29, 1.82) is 0 Å². The van der Waals surface area contributed by atoms with Gasteiger partial charge in [0.2, 0.25) is 0 Å². The molecule has 0 aliphatic carbocycles. The highest BCUT2D eigenvalue weighted by molar-refractivity contribution is 8.01. The first-order valence-electron chi connectivity index (χ1n) is 7.21. The van der Waals surface area contributed by atoms with Gasteiger partial charge in [-0.15, -0.1) is 3.71 Å². The zero-order valence-corrected chi connectivity index (χ0v) is 14.3. The third kappa shape index (κ3) is 3.15. The molecule has 0 saturated carbocycles. The molecule has 23 heavy (non-hydrogen) atoms. The van der Waals surface area contributed by atoms with Crippen molar-refractivity contribution in [3.05, 3.63) is 77.9 Å². The van der Waals surface area contributed by atoms with Gasteiger partial charge in [-0.1, -0.05) is 60.2 Å². The molecule has 2 aromatic rings. The van der Waals surface area contributed by atoms with Crippen LogP contribution >= 0.6 is 0 Å². The van der Waals surface area contributed by atoms with Crippen molar-refractivity contribution in [3.8, 4) is 0 Å². The molecule has 0 bridgehead atoms. The van der Waals surface area contributed by atoms with Gasteiger partial charge in [-0.05, 0) is 24.6 Å². The summed E-state index contributed by atoms with van der Waals surface area (Å²) in [4.78, 5) is 0.160. The molecule has 2 aromatic carbocycles. The molecule has 1 heterocycles. The summed E-state index contributed by atoms with van der Waals surface area (Å²) in [6, 6.07) is 15.3. The van der Waals surface area contributed by atoms with Crippen LogP contribution in [0.1, 0.15) is 17.2 Å². The first-order chi connectivity index (χ1) is 11.0. The van der Waals surface area contributed by atoms with Crippen LogP contribution in [0.4, 0.5) is 0 Å². The van der Waals surface area contributed by atoms with Crippen LogP contribution < -0.4 is 0 Å². The van der Waals surface area contributed by atoms with E-state index >= 15 is 0 Å². The molecule has 2 atom stereocenters. The zero-order chi connectivity index (χ0) is 16.4. The minimum Gasteiger partial charge on any atom is -0.241 e. The van der Waals surface area contributed by atoms with Crippen molar-refractivity contribution >= 4 is 21.0 Å². The predicted molar refractivity (Wildman–Crippen MR) is 91.5 cm³/mol. The maximum Gasteiger partial charge on any atom is 0.255 e. The van der Waals surface area contributed by atoms with Gasteiger partial charge in [-0.2, -0.15) is 0 Å². The van der Waals surface area contributed by atoms with Crippen molar-refractivity contribution in [2.45, 2.75) is 17.9 Å². The second-order valence-electron chi connectivity index (χ2n) is 5.35. The van der Waals surface area contributed by atoms with Crippen LogP contribution in [0, 0.1) is 6.92 Å². The molecule has 0 amide bonds. The molecule has 0 aromatic heterocycles. The molecule has 0 radical (unpaired) electrons. The smallest absolute Gasteiger partial charge is 0.241 e. The summed E-state index contributed by atoms with van der Waals surface area (Å²) < 4.78 is 39.6. The van der Waals surface area contributed by atoms with Crippen LogP contribution in [-0.4, -0.2) is 22.1 Å². The van der Waals surface area contributed by atoms with Gasteiger partial charge in [0.1, 0.15) is 11.0 Å². The summed E-state index contributed by atoms with van der Waals surface area (Å²) in [5, 5.41) is 0.